The molecule has 0 amide bonds. The van der Waals surface area contributed by atoms with Crippen molar-refractivity contribution in [2.24, 2.45) is 13.0 Å². The molecule has 3 fully saturated rings. The van der Waals surface area contributed by atoms with Crippen LogP contribution in [0.5, 0.6) is 5.75 Å². The number of halogens is 3. The molecule has 0 spiro atoms. The molecule has 2 saturated heterocycles. The molecule has 2 bridgehead atoms. The van der Waals surface area contributed by atoms with Crippen LogP contribution in [0.2, 0.25) is 5.02 Å². The summed E-state index contributed by atoms with van der Waals surface area (Å²) in [4.78, 5) is 24.3. The standard InChI is InChI=1S/C27H29ClF2N6O4/c1-35-20-5-4-14(6-18(20)21-22(25(35)38)40-12-27(29,30)23(33-21)13-2-3-13)32-24-19(28)9-31-26(34-24)36-15-7-17(37)8-16(36)11-39-10-15/h4-6,9,13,15-17,23,33,37H,2-3,7-8,10-12H2,1H3,(H,31,32,34)/t15?,16?,17?,23-/m0/s1. The Kier molecular flexibility index (Phi) is 6.06. The van der Waals surface area contributed by atoms with E-state index in [1.807, 2.05) is 0 Å². The van der Waals surface area contributed by atoms with E-state index in [4.69, 9.17) is 26.1 Å². The zero-order valence-corrected chi connectivity index (χ0v) is 22.5. The fraction of sp³-hybridized carbons (Fsp3) is 0.519. The molecule has 3 aliphatic heterocycles. The molecule has 1 saturated carbocycles. The lowest BCUT2D eigenvalue weighted by Crippen LogP contribution is -2.59. The number of aryl methyl sites for hydroxylation is 1. The highest BCUT2D eigenvalue weighted by Crippen LogP contribution is 2.45. The van der Waals surface area contributed by atoms with E-state index >= 15 is 0 Å². The van der Waals surface area contributed by atoms with E-state index in [2.05, 4.69) is 20.5 Å². The fourth-order valence-corrected chi connectivity index (χ4v) is 6.34. The van der Waals surface area contributed by atoms with Crippen LogP contribution in [0.15, 0.2) is 29.2 Å². The van der Waals surface area contributed by atoms with Gasteiger partial charge in [0.2, 0.25) is 11.7 Å². The van der Waals surface area contributed by atoms with Crippen LogP contribution < -0.4 is 25.8 Å². The number of alkyl halides is 2. The molecule has 1 aliphatic carbocycles. The van der Waals surface area contributed by atoms with Crippen LogP contribution in [0, 0.1) is 5.92 Å². The summed E-state index contributed by atoms with van der Waals surface area (Å²) < 4.78 is 42.5. The fourth-order valence-electron chi connectivity index (χ4n) is 6.21. The molecule has 3 atom stereocenters. The average Bonchev–Trinajstić information content (AvgIpc) is 3.76. The van der Waals surface area contributed by atoms with Gasteiger partial charge in [-0.05, 0) is 49.8 Å². The van der Waals surface area contributed by atoms with Crippen molar-refractivity contribution < 1.29 is 23.4 Å². The molecule has 0 radical (unpaired) electrons. The first kappa shape index (κ1) is 25.7. The zero-order chi connectivity index (χ0) is 27.8. The first-order valence-electron chi connectivity index (χ1n) is 13.5. The molecule has 10 nitrogen and oxygen atoms in total. The number of aliphatic hydroxyl groups excluding tert-OH is 1. The first-order valence-corrected chi connectivity index (χ1v) is 13.8. The lowest BCUT2D eigenvalue weighted by atomic mass is 9.92. The summed E-state index contributed by atoms with van der Waals surface area (Å²) in [7, 11) is 1.59. The third kappa shape index (κ3) is 4.33. The highest BCUT2D eigenvalue weighted by atomic mass is 35.5. The Morgan fingerprint density at radius 1 is 1.23 bits per heavy atom. The van der Waals surface area contributed by atoms with Crippen molar-refractivity contribution in [3.05, 3.63) is 39.8 Å². The van der Waals surface area contributed by atoms with E-state index in [0.717, 1.165) is 0 Å². The smallest absolute Gasteiger partial charge is 0.301 e. The topological polar surface area (TPSA) is 114 Å². The van der Waals surface area contributed by atoms with Crippen molar-refractivity contribution in [2.45, 2.75) is 55.8 Å². The number of hydrogen-bond acceptors (Lipinski definition) is 9. The van der Waals surface area contributed by atoms with E-state index < -0.39 is 24.1 Å². The van der Waals surface area contributed by atoms with Gasteiger partial charge in [0.1, 0.15) is 5.02 Å². The number of nitrogens with one attached hydrogen (secondary N) is 2. The molecule has 1 aromatic carbocycles. The highest BCUT2D eigenvalue weighted by Gasteiger charge is 2.51. The van der Waals surface area contributed by atoms with Gasteiger partial charge in [0, 0.05) is 18.1 Å². The van der Waals surface area contributed by atoms with Gasteiger partial charge in [0.25, 0.3) is 5.56 Å². The number of ether oxygens (including phenoxy) is 2. The minimum atomic E-state index is -3.12. The molecule has 13 heteroatoms. The van der Waals surface area contributed by atoms with Crippen molar-refractivity contribution in [3.8, 4) is 5.75 Å². The predicted molar refractivity (Wildman–Crippen MR) is 146 cm³/mol. The molecule has 3 N–H and O–H groups in total. The predicted octanol–water partition coefficient (Wildman–Crippen LogP) is 3.67. The number of nitrogens with zero attached hydrogens (tertiary/aromatic N) is 4. The van der Waals surface area contributed by atoms with E-state index in [-0.39, 0.29) is 35.5 Å². The number of benzene rings is 1. The maximum Gasteiger partial charge on any atom is 0.301 e. The Bertz CT molecular complexity index is 1540. The van der Waals surface area contributed by atoms with Gasteiger partial charge in [-0.3, -0.25) is 4.79 Å². The molecule has 212 valence electrons. The minimum absolute atomic E-state index is 0.0439. The Morgan fingerprint density at radius 3 is 2.70 bits per heavy atom. The lowest BCUT2D eigenvalue weighted by molar-refractivity contribution is -0.0579. The third-order valence-corrected chi connectivity index (χ3v) is 8.61. The van der Waals surface area contributed by atoms with Gasteiger partial charge in [-0.15, -0.1) is 0 Å². The summed E-state index contributed by atoms with van der Waals surface area (Å²) in [6.07, 6.45) is 3.68. The summed E-state index contributed by atoms with van der Waals surface area (Å²) >= 11 is 6.49. The number of aromatic nitrogens is 3. The van der Waals surface area contributed by atoms with Crippen LogP contribution in [-0.4, -0.2) is 69.6 Å². The Morgan fingerprint density at radius 2 is 1.98 bits per heavy atom. The van der Waals surface area contributed by atoms with Crippen molar-refractivity contribution in [1.29, 1.82) is 0 Å². The third-order valence-electron chi connectivity index (χ3n) is 8.33. The lowest BCUT2D eigenvalue weighted by Gasteiger charge is -2.47. The number of hydrogen-bond donors (Lipinski definition) is 3. The second kappa shape index (κ2) is 9.42. The summed E-state index contributed by atoms with van der Waals surface area (Å²) in [6.45, 7) is 0.103. The minimum Gasteiger partial charge on any atom is -0.480 e. The number of aliphatic hydroxyl groups is 1. The molecule has 40 heavy (non-hydrogen) atoms. The second-order valence-electron chi connectivity index (χ2n) is 11.2. The monoisotopic (exact) mass is 574 g/mol. The SMILES string of the molecule is Cn1c(=O)c2c(c3cc(Nc4nc(N5C6COCC5CC(O)C6)ncc4Cl)ccc31)N[C@@H](C1CC1)C(F)(F)CO2. The van der Waals surface area contributed by atoms with E-state index in [9.17, 15) is 18.7 Å². The van der Waals surface area contributed by atoms with Crippen LogP contribution in [0.4, 0.5) is 31.9 Å². The highest BCUT2D eigenvalue weighted by molar-refractivity contribution is 6.33. The maximum atomic E-state index is 15.0. The van der Waals surface area contributed by atoms with Crippen LogP contribution in [0.25, 0.3) is 10.9 Å². The molecule has 5 heterocycles. The van der Waals surface area contributed by atoms with Gasteiger partial charge >= 0.3 is 5.92 Å². The number of piperidine rings is 1. The van der Waals surface area contributed by atoms with Gasteiger partial charge in [-0.1, -0.05) is 11.6 Å². The molecule has 2 unspecified atom stereocenters. The van der Waals surface area contributed by atoms with Crippen molar-refractivity contribution in [3.63, 3.8) is 0 Å². The Labute approximate surface area is 233 Å². The summed E-state index contributed by atoms with van der Waals surface area (Å²) in [5.41, 5.74) is 0.954. The first-order chi connectivity index (χ1) is 19.2. The quantitative estimate of drug-likeness (QED) is 0.429. The largest absolute Gasteiger partial charge is 0.480 e. The van der Waals surface area contributed by atoms with Crippen LogP contribution >= 0.6 is 11.6 Å². The zero-order valence-electron chi connectivity index (χ0n) is 21.7. The molecule has 2 aromatic heterocycles. The van der Waals surface area contributed by atoms with Gasteiger partial charge in [0.05, 0.1) is 54.8 Å². The number of pyridine rings is 1. The number of morpholine rings is 1. The maximum absolute atomic E-state index is 15.0. The van der Waals surface area contributed by atoms with Gasteiger partial charge in [-0.25, -0.2) is 13.8 Å². The molecule has 3 aromatic rings. The van der Waals surface area contributed by atoms with Crippen molar-refractivity contribution in [2.75, 3.05) is 35.4 Å². The van der Waals surface area contributed by atoms with Gasteiger partial charge < -0.3 is 34.7 Å². The van der Waals surface area contributed by atoms with Crippen LogP contribution in [0.3, 0.4) is 0 Å². The van der Waals surface area contributed by atoms with E-state index in [0.29, 0.717) is 72.3 Å². The summed E-state index contributed by atoms with van der Waals surface area (Å²) in [6, 6.07) is 4.09. The number of fused-ring (bicyclic) bond motifs is 5. The second-order valence-corrected chi connectivity index (χ2v) is 11.6. The van der Waals surface area contributed by atoms with E-state index in [1.165, 1.54) is 10.8 Å². The average molecular weight is 575 g/mol. The van der Waals surface area contributed by atoms with E-state index in [1.54, 1.807) is 25.2 Å². The molecule has 7 rings (SSSR count). The summed E-state index contributed by atoms with van der Waals surface area (Å²) in [5, 5.41) is 17.3. The molecular formula is C27H29ClF2N6O4. The Hall–Kier alpha value is -3.22. The normalized spacial score (nSPS) is 27.4. The summed E-state index contributed by atoms with van der Waals surface area (Å²) in [5.74, 6) is -2.55. The van der Waals surface area contributed by atoms with Crippen molar-refractivity contribution >= 4 is 45.6 Å². The van der Waals surface area contributed by atoms with Gasteiger partial charge in [0.15, 0.2) is 12.4 Å². The van der Waals surface area contributed by atoms with Crippen molar-refractivity contribution in [1.82, 2.24) is 14.5 Å². The molecule has 4 aliphatic rings. The van der Waals surface area contributed by atoms with Crippen LogP contribution in [-0.2, 0) is 11.8 Å². The Balaban J connectivity index is 1.26. The molecular weight excluding hydrogens is 546 g/mol. The van der Waals surface area contributed by atoms with Crippen LogP contribution in [0.1, 0.15) is 25.7 Å². The van der Waals surface area contributed by atoms with Gasteiger partial charge in [-0.2, -0.15) is 4.98 Å². The number of anilines is 4. The number of rotatable bonds is 4.